The molecule has 1 aromatic rings. The lowest BCUT2D eigenvalue weighted by Gasteiger charge is -2.41. The number of rotatable bonds is 8. The molecule has 1 aliphatic rings. The number of amides is 1. The van der Waals surface area contributed by atoms with Gasteiger partial charge in [-0.05, 0) is 52.3 Å². The Morgan fingerprint density at radius 2 is 1.82 bits per heavy atom. The molecule has 1 aliphatic heterocycles. The first-order valence-corrected chi connectivity index (χ1v) is 10.5. The molecule has 1 aromatic carbocycles. The third-order valence-corrected chi connectivity index (χ3v) is 5.48. The molecule has 6 heteroatoms. The van der Waals surface area contributed by atoms with Crippen LogP contribution in [0.4, 0.5) is 0 Å². The molecule has 1 fully saturated rings. The molecule has 2 N–H and O–H groups in total. The number of hydrogen-bond donors (Lipinski definition) is 2. The number of nitrogens with one attached hydrogen (secondary N) is 2. The molecule has 0 saturated carbocycles. The van der Waals surface area contributed by atoms with E-state index in [0.29, 0.717) is 19.0 Å². The van der Waals surface area contributed by atoms with E-state index in [-0.39, 0.29) is 18.0 Å². The van der Waals surface area contributed by atoms with E-state index < -0.39 is 0 Å². The predicted octanol–water partition coefficient (Wildman–Crippen LogP) is 2.46. The highest BCUT2D eigenvalue weighted by molar-refractivity contribution is 5.86. The van der Waals surface area contributed by atoms with Crippen LogP contribution in [0.15, 0.2) is 35.3 Å². The monoisotopic (exact) mass is 387 g/mol. The molecule has 0 aromatic heterocycles. The molecule has 0 aliphatic carbocycles. The largest absolute Gasteiger partial charge is 0.355 e. The first-order valence-electron chi connectivity index (χ1n) is 10.5. The second-order valence-electron chi connectivity index (χ2n) is 8.03. The van der Waals surface area contributed by atoms with Gasteiger partial charge in [0.1, 0.15) is 0 Å². The lowest BCUT2D eigenvalue weighted by Crippen LogP contribution is -2.55. The first-order chi connectivity index (χ1) is 13.5. The zero-order valence-corrected chi connectivity index (χ0v) is 18.0. The molecule has 1 amide bonds. The van der Waals surface area contributed by atoms with Crippen LogP contribution in [0.5, 0.6) is 0 Å². The van der Waals surface area contributed by atoms with Gasteiger partial charge in [0.2, 0.25) is 5.91 Å². The highest BCUT2D eigenvalue weighted by atomic mass is 16.2. The summed E-state index contributed by atoms with van der Waals surface area (Å²) in [7, 11) is 1.75. The van der Waals surface area contributed by atoms with Crippen LogP contribution >= 0.6 is 0 Å². The van der Waals surface area contributed by atoms with E-state index in [9.17, 15) is 4.79 Å². The van der Waals surface area contributed by atoms with Crippen molar-refractivity contribution in [2.45, 2.75) is 52.1 Å². The summed E-state index contributed by atoms with van der Waals surface area (Å²) in [4.78, 5) is 21.3. The maximum atomic E-state index is 12.6. The Bertz CT molecular complexity index is 623. The standard InChI is InChI=1S/C22H37N5O/c1-5-26(17-19-12-8-6-9-13-19)20(28)16-24-21(23-4)25-18-22(2,3)27-14-10-7-11-15-27/h6,8-9,12-13H,5,7,10-11,14-18H2,1-4H3,(H2,23,24,25). The van der Waals surface area contributed by atoms with Gasteiger partial charge in [0.05, 0.1) is 6.54 Å². The molecule has 2 rings (SSSR count). The fraction of sp³-hybridized carbons (Fsp3) is 0.636. The second-order valence-corrected chi connectivity index (χ2v) is 8.03. The Hall–Kier alpha value is -2.08. The highest BCUT2D eigenvalue weighted by Crippen LogP contribution is 2.19. The highest BCUT2D eigenvalue weighted by Gasteiger charge is 2.28. The molecular formula is C22H37N5O. The number of piperidine rings is 1. The van der Waals surface area contributed by atoms with E-state index in [1.165, 1.54) is 19.3 Å². The summed E-state index contributed by atoms with van der Waals surface area (Å²) in [5, 5.41) is 6.57. The van der Waals surface area contributed by atoms with Gasteiger partial charge >= 0.3 is 0 Å². The summed E-state index contributed by atoms with van der Waals surface area (Å²) >= 11 is 0. The topological polar surface area (TPSA) is 60.0 Å². The molecule has 1 heterocycles. The molecule has 156 valence electrons. The summed E-state index contributed by atoms with van der Waals surface area (Å²) in [5.41, 5.74) is 1.20. The van der Waals surface area contributed by atoms with E-state index in [1.807, 2.05) is 42.2 Å². The fourth-order valence-corrected chi connectivity index (χ4v) is 3.58. The van der Waals surface area contributed by atoms with Crippen molar-refractivity contribution in [2.75, 3.05) is 39.8 Å². The molecule has 6 nitrogen and oxygen atoms in total. The van der Waals surface area contributed by atoms with Crippen molar-refractivity contribution in [3.63, 3.8) is 0 Å². The van der Waals surface area contributed by atoms with Crippen molar-refractivity contribution in [1.82, 2.24) is 20.4 Å². The van der Waals surface area contributed by atoms with E-state index >= 15 is 0 Å². The van der Waals surface area contributed by atoms with E-state index in [2.05, 4.69) is 34.4 Å². The Balaban J connectivity index is 1.80. The number of likely N-dealkylation sites (N-methyl/N-ethyl adjacent to an activating group) is 1. The normalized spacial score (nSPS) is 15.9. The lowest BCUT2D eigenvalue weighted by atomic mass is 9.98. The molecule has 1 saturated heterocycles. The molecule has 0 radical (unpaired) electrons. The van der Waals surface area contributed by atoms with Crippen LogP contribution in [0, 0.1) is 0 Å². The minimum absolute atomic E-state index is 0.0603. The minimum Gasteiger partial charge on any atom is -0.355 e. The summed E-state index contributed by atoms with van der Waals surface area (Å²) < 4.78 is 0. The average molecular weight is 388 g/mol. The lowest BCUT2D eigenvalue weighted by molar-refractivity contribution is -0.130. The summed E-state index contributed by atoms with van der Waals surface area (Å²) in [6, 6.07) is 10.1. The van der Waals surface area contributed by atoms with Crippen molar-refractivity contribution in [2.24, 2.45) is 4.99 Å². The SMILES string of the molecule is CCN(Cc1ccccc1)C(=O)CNC(=NC)NCC(C)(C)N1CCCCC1. The Morgan fingerprint density at radius 1 is 1.14 bits per heavy atom. The second kappa shape index (κ2) is 11.1. The van der Waals surface area contributed by atoms with E-state index in [4.69, 9.17) is 0 Å². The first kappa shape index (κ1) is 22.2. The molecule has 0 atom stereocenters. The Kier molecular flexibility index (Phi) is 8.77. The number of guanidine groups is 1. The van der Waals surface area contributed by atoms with Gasteiger partial charge < -0.3 is 15.5 Å². The smallest absolute Gasteiger partial charge is 0.242 e. The summed E-state index contributed by atoms with van der Waals surface area (Å²) in [6.07, 6.45) is 3.89. The van der Waals surface area contributed by atoms with E-state index in [1.54, 1.807) is 7.05 Å². The van der Waals surface area contributed by atoms with Gasteiger partial charge in [0.15, 0.2) is 5.96 Å². The van der Waals surface area contributed by atoms with Gasteiger partial charge in [-0.2, -0.15) is 0 Å². The number of carbonyl (C=O) groups excluding carboxylic acids is 1. The average Bonchev–Trinajstić information content (AvgIpc) is 2.73. The number of likely N-dealkylation sites (tertiary alicyclic amines) is 1. The van der Waals surface area contributed by atoms with Crippen LogP contribution in [-0.2, 0) is 11.3 Å². The molecule has 28 heavy (non-hydrogen) atoms. The zero-order valence-electron chi connectivity index (χ0n) is 18.0. The van der Waals surface area contributed by atoms with E-state index in [0.717, 1.165) is 25.2 Å². The maximum Gasteiger partial charge on any atom is 0.242 e. The maximum absolute atomic E-state index is 12.6. The van der Waals surface area contributed by atoms with Gasteiger partial charge in [-0.25, -0.2) is 0 Å². The van der Waals surface area contributed by atoms with Crippen LogP contribution in [0.25, 0.3) is 0 Å². The van der Waals surface area contributed by atoms with Crippen LogP contribution in [-0.4, -0.2) is 67.0 Å². The number of carbonyl (C=O) groups is 1. The van der Waals surface area contributed by atoms with Gasteiger partial charge in [0.25, 0.3) is 0 Å². The van der Waals surface area contributed by atoms with Crippen LogP contribution in [0.1, 0.15) is 45.6 Å². The number of benzene rings is 1. The van der Waals surface area contributed by atoms with Gasteiger partial charge in [-0.1, -0.05) is 36.8 Å². The van der Waals surface area contributed by atoms with Crippen LogP contribution in [0.3, 0.4) is 0 Å². The molecule has 0 bridgehead atoms. The molecule has 0 unspecified atom stereocenters. The third-order valence-electron chi connectivity index (χ3n) is 5.48. The van der Waals surface area contributed by atoms with Crippen LogP contribution in [0.2, 0.25) is 0 Å². The van der Waals surface area contributed by atoms with Crippen LogP contribution < -0.4 is 10.6 Å². The quantitative estimate of drug-likeness (QED) is 0.531. The van der Waals surface area contributed by atoms with Crippen molar-refractivity contribution >= 4 is 11.9 Å². The number of hydrogen-bond acceptors (Lipinski definition) is 3. The van der Waals surface area contributed by atoms with Gasteiger partial charge in [0, 0.05) is 32.2 Å². The molecule has 0 spiro atoms. The van der Waals surface area contributed by atoms with Gasteiger partial charge in [-0.15, -0.1) is 0 Å². The zero-order chi connectivity index (χ0) is 20.4. The third kappa shape index (κ3) is 6.82. The Morgan fingerprint density at radius 3 is 2.43 bits per heavy atom. The Labute approximate surface area is 170 Å². The predicted molar refractivity (Wildman–Crippen MR) is 116 cm³/mol. The number of aliphatic imine (C=N–C) groups is 1. The number of nitrogens with zero attached hydrogens (tertiary/aromatic N) is 3. The van der Waals surface area contributed by atoms with Crippen molar-refractivity contribution in [3.05, 3.63) is 35.9 Å². The minimum atomic E-state index is 0.0603. The van der Waals surface area contributed by atoms with Crippen molar-refractivity contribution in [1.29, 1.82) is 0 Å². The van der Waals surface area contributed by atoms with Crippen molar-refractivity contribution < 1.29 is 4.79 Å². The van der Waals surface area contributed by atoms with Crippen molar-refractivity contribution in [3.8, 4) is 0 Å². The summed E-state index contributed by atoms with van der Waals surface area (Å²) in [5.74, 6) is 0.749. The molecular weight excluding hydrogens is 350 g/mol. The fourth-order valence-electron chi connectivity index (χ4n) is 3.58. The summed E-state index contributed by atoms with van der Waals surface area (Å²) in [6.45, 7) is 11.2. The van der Waals surface area contributed by atoms with Gasteiger partial charge in [-0.3, -0.25) is 14.7 Å².